The number of rotatable bonds is 14. The van der Waals surface area contributed by atoms with Gasteiger partial charge < -0.3 is 24.7 Å². The number of carbonyl (C=O) groups is 2. The van der Waals surface area contributed by atoms with Gasteiger partial charge in [0.2, 0.25) is 5.91 Å². The van der Waals surface area contributed by atoms with Gasteiger partial charge in [0.15, 0.2) is 0 Å². The molecule has 1 aromatic heterocycles. The Kier molecular flexibility index (Phi) is 10.4. The van der Waals surface area contributed by atoms with Crippen LogP contribution in [0.2, 0.25) is 0 Å². The smallest absolute Gasteiger partial charge is 0.253 e. The highest BCUT2D eigenvalue weighted by Crippen LogP contribution is 2.27. The lowest BCUT2D eigenvalue weighted by Gasteiger charge is -2.26. The van der Waals surface area contributed by atoms with Crippen molar-refractivity contribution >= 4 is 23.2 Å². The first-order valence-corrected chi connectivity index (χ1v) is 12.2. The van der Waals surface area contributed by atoms with Crippen LogP contribution in [0.5, 0.6) is 0 Å². The molecule has 2 N–H and O–H groups in total. The Morgan fingerprint density at radius 1 is 1.00 bits per heavy atom. The molecule has 0 atom stereocenters. The van der Waals surface area contributed by atoms with E-state index in [0.717, 1.165) is 42.8 Å². The SMILES string of the molecule is CCCCN(Cc1ccco1)c1ccc(NC(=O)COCc2ccccc2)cc1C(=O)NCCC. The number of furan rings is 1. The van der Waals surface area contributed by atoms with E-state index in [1.807, 2.05) is 61.5 Å². The summed E-state index contributed by atoms with van der Waals surface area (Å²) in [4.78, 5) is 27.7. The number of nitrogens with zero attached hydrogens (tertiary/aromatic N) is 1. The first kappa shape index (κ1) is 26.0. The number of benzene rings is 2. The van der Waals surface area contributed by atoms with Gasteiger partial charge in [0, 0.05) is 18.8 Å². The maximum atomic E-state index is 13.1. The summed E-state index contributed by atoms with van der Waals surface area (Å²) in [6.45, 7) is 6.35. The first-order valence-electron chi connectivity index (χ1n) is 12.2. The van der Waals surface area contributed by atoms with Crippen LogP contribution in [0.3, 0.4) is 0 Å². The van der Waals surface area contributed by atoms with E-state index in [4.69, 9.17) is 9.15 Å². The Hall–Kier alpha value is -3.58. The minimum absolute atomic E-state index is 0.0743. The molecule has 3 rings (SSSR count). The van der Waals surface area contributed by atoms with Crippen LogP contribution in [0.4, 0.5) is 11.4 Å². The number of carbonyl (C=O) groups excluding carboxylic acids is 2. The molecule has 2 aromatic carbocycles. The molecule has 0 fully saturated rings. The summed E-state index contributed by atoms with van der Waals surface area (Å²) in [6.07, 6.45) is 4.50. The largest absolute Gasteiger partial charge is 0.467 e. The van der Waals surface area contributed by atoms with Gasteiger partial charge in [0.25, 0.3) is 5.91 Å². The molecule has 0 radical (unpaired) electrons. The summed E-state index contributed by atoms with van der Waals surface area (Å²) in [6, 6.07) is 18.9. The Labute approximate surface area is 207 Å². The average Bonchev–Trinajstić information content (AvgIpc) is 3.39. The van der Waals surface area contributed by atoms with Gasteiger partial charge in [-0.25, -0.2) is 0 Å². The molecule has 0 saturated carbocycles. The Balaban J connectivity index is 1.75. The molecular formula is C28H35N3O4. The second-order valence-corrected chi connectivity index (χ2v) is 8.37. The molecule has 7 nitrogen and oxygen atoms in total. The van der Waals surface area contributed by atoms with Crippen molar-refractivity contribution in [3.05, 3.63) is 83.8 Å². The lowest BCUT2D eigenvalue weighted by Crippen LogP contribution is -2.30. The van der Waals surface area contributed by atoms with Crippen LogP contribution in [-0.2, 0) is 22.7 Å². The van der Waals surface area contributed by atoms with Crippen molar-refractivity contribution in [2.24, 2.45) is 0 Å². The number of anilines is 2. The van der Waals surface area contributed by atoms with Crippen LogP contribution in [0.1, 0.15) is 54.8 Å². The van der Waals surface area contributed by atoms with Crippen molar-refractivity contribution in [2.75, 3.05) is 29.9 Å². The van der Waals surface area contributed by atoms with E-state index in [-0.39, 0.29) is 18.4 Å². The van der Waals surface area contributed by atoms with E-state index in [9.17, 15) is 9.59 Å². The van der Waals surface area contributed by atoms with Gasteiger partial charge in [-0.05, 0) is 48.7 Å². The standard InChI is InChI=1S/C28H35N3O4/c1-3-5-16-31(19-24-12-9-17-35-24)26-14-13-23(18-25(26)28(33)29-15-4-2)30-27(32)21-34-20-22-10-7-6-8-11-22/h6-14,17-18H,3-5,15-16,19-21H2,1-2H3,(H,29,33)(H,30,32). The van der Waals surface area contributed by atoms with Crippen LogP contribution in [-0.4, -0.2) is 31.5 Å². The van der Waals surface area contributed by atoms with E-state index < -0.39 is 0 Å². The van der Waals surface area contributed by atoms with Gasteiger partial charge in [0.05, 0.1) is 30.7 Å². The highest BCUT2D eigenvalue weighted by molar-refractivity contribution is 6.02. The van der Waals surface area contributed by atoms with Crippen molar-refractivity contribution in [3.63, 3.8) is 0 Å². The maximum absolute atomic E-state index is 13.1. The van der Waals surface area contributed by atoms with Crippen molar-refractivity contribution in [1.82, 2.24) is 5.32 Å². The molecule has 1 heterocycles. The molecule has 35 heavy (non-hydrogen) atoms. The number of amides is 2. The third kappa shape index (κ3) is 8.30. The first-order chi connectivity index (χ1) is 17.1. The number of hydrogen-bond donors (Lipinski definition) is 2. The second-order valence-electron chi connectivity index (χ2n) is 8.37. The molecule has 0 saturated heterocycles. The second kappa shape index (κ2) is 14.0. The fourth-order valence-electron chi connectivity index (χ4n) is 3.66. The summed E-state index contributed by atoms with van der Waals surface area (Å²) in [5.41, 5.74) is 2.88. The molecule has 0 aliphatic carbocycles. The van der Waals surface area contributed by atoms with Crippen LogP contribution in [0, 0.1) is 0 Å². The van der Waals surface area contributed by atoms with Crippen LogP contribution >= 0.6 is 0 Å². The minimum atomic E-state index is -0.271. The Morgan fingerprint density at radius 2 is 1.83 bits per heavy atom. The van der Waals surface area contributed by atoms with Gasteiger partial charge in [-0.3, -0.25) is 9.59 Å². The molecule has 0 aliphatic heterocycles. The summed E-state index contributed by atoms with van der Waals surface area (Å²) in [7, 11) is 0. The number of ether oxygens (including phenoxy) is 1. The zero-order valence-electron chi connectivity index (χ0n) is 20.6. The van der Waals surface area contributed by atoms with Gasteiger partial charge in [-0.1, -0.05) is 50.6 Å². The maximum Gasteiger partial charge on any atom is 0.253 e. The Morgan fingerprint density at radius 3 is 2.54 bits per heavy atom. The number of hydrogen-bond acceptors (Lipinski definition) is 5. The molecule has 0 bridgehead atoms. The monoisotopic (exact) mass is 477 g/mol. The van der Waals surface area contributed by atoms with E-state index >= 15 is 0 Å². The zero-order chi connectivity index (χ0) is 24.9. The molecule has 7 heteroatoms. The van der Waals surface area contributed by atoms with E-state index in [1.54, 1.807) is 12.3 Å². The highest BCUT2D eigenvalue weighted by Gasteiger charge is 2.19. The van der Waals surface area contributed by atoms with Gasteiger partial charge in [-0.15, -0.1) is 0 Å². The highest BCUT2D eigenvalue weighted by atomic mass is 16.5. The van der Waals surface area contributed by atoms with Crippen LogP contribution < -0.4 is 15.5 Å². The molecule has 186 valence electrons. The van der Waals surface area contributed by atoms with Crippen molar-refractivity contribution in [2.45, 2.75) is 46.3 Å². The molecule has 0 unspecified atom stereocenters. The van der Waals surface area contributed by atoms with Gasteiger partial charge >= 0.3 is 0 Å². The minimum Gasteiger partial charge on any atom is -0.467 e. The lowest BCUT2D eigenvalue weighted by atomic mass is 10.1. The Bertz CT molecular complexity index is 1050. The predicted octanol–water partition coefficient (Wildman–Crippen LogP) is 5.38. The fraction of sp³-hybridized carbons (Fsp3) is 0.357. The number of nitrogens with one attached hydrogen (secondary N) is 2. The van der Waals surface area contributed by atoms with Gasteiger partial charge in [0.1, 0.15) is 12.4 Å². The average molecular weight is 478 g/mol. The summed E-state index contributed by atoms with van der Waals surface area (Å²) in [5, 5.41) is 5.82. The summed E-state index contributed by atoms with van der Waals surface area (Å²) in [5.74, 6) is 0.389. The zero-order valence-corrected chi connectivity index (χ0v) is 20.6. The van der Waals surface area contributed by atoms with Crippen LogP contribution in [0.25, 0.3) is 0 Å². The normalized spacial score (nSPS) is 10.7. The molecular weight excluding hydrogens is 442 g/mol. The molecule has 3 aromatic rings. The van der Waals surface area contributed by atoms with Crippen LogP contribution in [0.15, 0.2) is 71.3 Å². The van der Waals surface area contributed by atoms with Crippen molar-refractivity contribution in [1.29, 1.82) is 0 Å². The molecule has 2 amide bonds. The number of unbranched alkanes of at least 4 members (excludes halogenated alkanes) is 1. The van der Waals surface area contributed by atoms with Gasteiger partial charge in [-0.2, -0.15) is 0 Å². The van der Waals surface area contributed by atoms with E-state index in [0.29, 0.717) is 30.9 Å². The topological polar surface area (TPSA) is 83.8 Å². The third-order valence-electron chi connectivity index (χ3n) is 5.45. The van der Waals surface area contributed by atoms with Crippen molar-refractivity contribution < 1.29 is 18.7 Å². The van der Waals surface area contributed by atoms with E-state index in [2.05, 4.69) is 22.5 Å². The van der Waals surface area contributed by atoms with Crippen molar-refractivity contribution in [3.8, 4) is 0 Å². The van der Waals surface area contributed by atoms with E-state index in [1.165, 1.54) is 0 Å². The molecule has 0 aliphatic rings. The fourth-order valence-corrected chi connectivity index (χ4v) is 3.66. The lowest BCUT2D eigenvalue weighted by molar-refractivity contribution is -0.121. The quantitative estimate of drug-likeness (QED) is 0.326. The third-order valence-corrected chi connectivity index (χ3v) is 5.45. The molecule has 0 spiro atoms. The summed E-state index contributed by atoms with van der Waals surface area (Å²) < 4.78 is 11.1. The summed E-state index contributed by atoms with van der Waals surface area (Å²) >= 11 is 0. The predicted molar refractivity (Wildman–Crippen MR) is 138 cm³/mol.